The van der Waals surface area contributed by atoms with Gasteiger partial charge in [0.1, 0.15) is 0 Å². The number of phenolic OH excluding ortho intramolecular Hbond substituents is 1. The topological polar surface area (TPSA) is 32.7 Å². The Labute approximate surface area is 116 Å². The summed E-state index contributed by atoms with van der Waals surface area (Å²) in [5.41, 5.74) is 1.14. The summed E-state index contributed by atoms with van der Waals surface area (Å²) in [6, 6.07) is 5.66. The molecular formula is C16H25NO2. The number of phenols is 1. The van der Waals surface area contributed by atoms with Gasteiger partial charge in [-0.2, -0.15) is 0 Å². The molecule has 0 saturated heterocycles. The molecule has 0 unspecified atom stereocenters. The monoisotopic (exact) mass is 263 g/mol. The number of methoxy groups -OCH3 is 1. The van der Waals surface area contributed by atoms with Crippen molar-refractivity contribution in [2.24, 2.45) is 5.92 Å². The third-order valence-electron chi connectivity index (χ3n) is 3.99. The van der Waals surface area contributed by atoms with E-state index in [1.807, 2.05) is 12.1 Å². The minimum atomic E-state index is 0.228. The van der Waals surface area contributed by atoms with E-state index in [1.165, 1.54) is 32.1 Å². The standard InChI is InChI=1S/C16H25NO2/c1-17(11-13-6-4-3-5-7-13)12-14-8-9-16(19-2)15(18)10-14/h8-10,13,18H,3-7,11-12H2,1-2H3. The van der Waals surface area contributed by atoms with E-state index >= 15 is 0 Å². The van der Waals surface area contributed by atoms with E-state index < -0.39 is 0 Å². The van der Waals surface area contributed by atoms with Gasteiger partial charge in [-0.1, -0.05) is 25.3 Å². The molecule has 0 aromatic heterocycles. The molecule has 1 aromatic rings. The Bertz CT molecular complexity index is 400. The average molecular weight is 263 g/mol. The van der Waals surface area contributed by atoms with E-state index in [9.17, 15) is 5.11 Å². The number of ether oxygens (including phenoxy) is 1. The van der Waals surface area contributed by atoms with Crippen LogP contribution in [0.3, 0.4) is 0 Å². The molecule has 1 aliphatic carbocycles. The molecule has 0 aliphatic heterocycles. The summed E-state index contributed by atoms with van der Waals surface area (Å²) in [6.45, 7) is 2.04. The van der Waals surface area contributed by atoms with Crippen molar-refractivity contribution in [3.8, 4) is 11.5 Å². The molecule has 1 aromatic carbocycles. The summed E-state index contributed by atoms with van der Waals surface area (Å²) >= 11 is 0. The minimum Gasteiger partial charge on any atom is -0.504 e. The third kappa shape index (κ3) is 4.13. The van der Waals surface area contributed by atoms with Gasteiger partial charge in [0.2, 0.25) is 0 Å². The van der Waals surface area contributed by atoms with Gasteiger partial charge in [0.15, 0.2) is 11.5 Å². The summed E-state index contributed by atoms with van der Waals surface area (Å²) in [5, 5.41) is 9.78. The first-order valence-electron chi connectivity index (χ1n) is 7.23. The molecular weight excluding hydrogens is 238 g/mol. The zero-order chi connectivity index (χ0) is 13.7. The number of rotatable bonds is 5. The molecule has 1 aliphatic rings. The Morgan fingerprint density at radius 3 is 2.63 bits per heavy atom. The normalized spacial score (nSPS) is 16.8. The highest BCUT2D eigenvalue weighted by Gasteiger charge is 2.15. The van der Waals surface area contributed by atoms with E-state index in [-0.39, 0.29) is 5.75 Å². The van der Waals surface area contributed by atoms with Gasteiger partial charge in [-0.25, -0.2) is 0 Å². The molecule has 1 fully saturated rings. The number of benzene rings is 1. The molecule has 3 heteroatoms. The van der Waals surface area contributed by atoms with Gasteiger partial charge >= 0.3 is 0 Å². The lowest BCUT2D eigenvalue weighted by molar-refractivity contribution is 0.228. The highest BCUT2D eigenvalue weighted by molar-refractivity contribution is 5.41. The summed E-state index contributed by atoms with van der Waals surface area (Å²) in [4.78, 5) is 2.36. The second-order valence-corrected chi connectivity index (χ2v) is 5.71. The lowest BCUT2D eigenvalue weighted by Gasteiger charge is -2.27. The predicted octanol–water partition coefficient (Wildman–Crippen LogP) is 3.41. The second-order valence-electron chi connectivity index (χ2n) is 5.71. The van der Waals surface area contributed by atoms with Gasteiger partial charge < -0.3 is 14.7 Å². The van der Waals surface area contributed by atoms with Crippen LogP contribution < -0.4 is 4.74 Å². The highest BCUT2D eigenvalue weighted by atomic mass is 16.5. The average Bonchev–Trinajstić information content (AvgIpc) is 2.40. The van der Waals surface area contributed by atoms with Gasteiger partial charge in [-0.15, -0.1) is 0 Å². The lowest BCUT2D eigenvalue weighted by Crippen LogP contribution is -2.26. The van der Waals surface area contributed by atoms with Gasteiger partial charge in [0, 0.05) is 13.1 Å². The maximum Gasteiger partial charge on any atom is 0.160 e. The summed E-state index contributed by atoms with van der Waals surface area (Å²) in [5.74, 6) is 1.62. The van der Waals surface area contributed by atoms with Crippen LogP contribution in [0, 0.1) is 5.92 Å². The smallest absolute Gasteiger partial charge is 0.160 e. The molecule has 0 spiro atoms. The fraction of sp³-hybridized carbons (Fsp3) is 0.625. The number of hydrogen-bond acceptors (Lipinski definition) is 3. The second kappa shape index (κ2) is 6.80. The summed E-state index contributed by atoms with van der Waals surface area (Å²) < 4.78 is 5.06. The number of hydrogen-bond donors (Lipinski definition) is 1. The number of nitrogens with zero attached hydrogens (tertiary/aromatic N) is 1. The van der Waals surface area contributed by atoms with Crippen molar-refractivity contribution in [1.29, 1.82) is 0 Å². The van der Waals surface area contributed by atoms with Crippen molar-refractivity contribution >= 4 is 0 Å². The van der Waals surface area contributed by atoms with Crippen LogP contribution in [0.1, 0.15) is 37.7 Å². The molecule has 0 radical (unpaired) electrons. The van der Waals surface area contributed by atoms with Gasteiger partial charge in [0.25, 0.3) is 0 Å². The van der Waals surface area contributed by atoms with E-state index in [2.05, 4.69) is 11.9 Å². The third-order valence-corrected chi connectivity index (χ3v) is 3.99. The maximum atomic E-state index is 9.78. The minimum absolute atomic E-state index is 0.228. The fourth-order valence-corrected chi connectivity index (χ4v) is 3.02. The molecule has 0 amide bonds. The van der Waals surface area contributed by atoms with Crippen LogP contribution in [0.15, 0.2) is 18.2 Å². The molecule has 1 saturated carbocycles. The Hall–Kier alpha value is -1.22. The molecule has 3 nitrogen and oxygen atoms in total. The summed E-state index contributed by atoms with van der Waals surface area (Å²) in [7, 11) is 3.74. The van der Waals surface area contributed by atoms with E-state index in [0.29, 0.717) is 5.75 Å². The lowest BCUT2D eigenvalue weighted by atomic mass is 9.89. The fourth-order valence-electron chi connectivity index (χ4n) is 3.02. The molecule has 0 heterocycles. The summed E-state index contributed by atoms with van der Waals surface area (Å²) in [6.07, 6.45) is 6.94. The Morgan fingerprint density at radius 1 is 1.26 bits per heavy atom. The zero-order valence-electron chi connectivity index (χ0n) is 12.1. The van der Waals surface area contributed by atoms with E-state index in [4.69, 9.17) is 4.74 Å². The van der Waals surface area contributed by atoms with Crippen molar-refractivity contribution in [2.75, 3.05) is 20.7 Å². The van der Waals surface area contributed by atoms with Crippen molar-refractivity contribution in [3.63, 3.8) is 0 Å². The first-order valence-corrected chi connectivity index (χ1v) is 7.23. The van der Waals surface area contributed by atoms with Crippen molar-refractivity contribution < 1.29 is 9.84 Å². The van der Waals surface area contributed by atoms with E-state index in [1.54, 1.807) is 13.2 Å². The maximum absolute atomic E-state index is 9.78. The van der Waals surface area contributed by atoms with Crippen molar-refractivity contribution in [2.45, 2.75) is 38.6 Å². The Morgan fingerprint density at radius 2 is 2.00 bits per heavy atom. The quantitative estimate of drug-likeness (QED) is 0.883. The molecule has 0 bridgehead atoms. The predicted molar refractivity (Wildman–Crippen MR) is 77.6 cm³/mol. The van der Waals surface area contributed by atoms with Crippen LogP contribution in [0.5, 0.6) is 11.5 Å². The SMILES string of the molecule is COc1ccc(CN(C)CC2CCCCC2)cc1O. The van der Waals surface area contributed by atoms with Crippen molar-refractivity contribution in [3.05, 3.63) is 23.8 Å². The highest BCUT2D eigenvalue weighted by Crippen LogP contribution is 2.27. The van der Waals surface area contributed by atoms with Crippen LogP contribution in [-0.2, 0) is 6.54 Å². The van der Waals surface area contributed by atoms with Crippen LogP contribution >= 0.6 is 0 Å². The van der Waals surface area contributed by atoms with E-state index in [0.717, 1.165) is 24.6 Å². The molecule has 2 rings (SSSR count). The molecule has 19 heavy (non-hydrogen) atoms. The van der Waals surface area contributed by atoms with Gasteiger partial charge in [-0.3, -0.25) is 0 Å². The zero-order valence-corrected chi connectivity index (χ0v) is 12.1. The van der Waals surface area contributed by atoms with Gasteiger partial charge in [0.05, 0.1) is 7.11 Å². The molecule has 106 valence electrons. The number of aromatic hydroxyl groups is 1. The van der Waals surface area contributed by atoms with Crippen LogP contribution in [0.4, 0.5) is 0 Å². The van der Waals surface area contributed by atoms with Crippen LogP contribution in [0.25, 0.3) is 0 Å². The largest absolute Gasteiger partial charge is 0.504 e. The first-order chi connectivity index (χ1) is 9.19. The Kier molecular flexibility index (Phi) is 5.08. The van der Waals surface area contributed by atoms with Crippen LogP contribution in [0.2, 0.25) is 0 Å². The molecule has 0 atom stereocenters. The Balaban J connectivity index is 1.87. The van der Waals surface area contributed by atoms with Crippen LogP contribution in [-0.4, -0.2) is 30.7 Å². The first kappa shape index (κ1) is 14.2. The molecule has 1 N–H and O–H groups in total. The van der Waals surface area contributed by atoms with Gasteiger partial charge in [-0.05, 0) is 43.5 Å². The van der Waals surface area contributed by atoms with Crippen molar-refractivity contribution in [1.82, 2.24) is 4.90 Å².